The van der Waals surface area contributed by atoms with Gasteiger partial charge in [-0.2, -0.15) is 0 Å². The predicted molar refractivity (Wildman–Crippen MR) is 60.9 cm³/mol. The summed E-state index contributed by atoms with van der Waals surface area (Å²) in [6, 6.07) is 0.130. The maximum absolute atomic E-state index is 11.3. The van der Waals surface area contributed by atoms with E-state index in [-0.39, 0.29) is 23.6 Å². The molecule has 0 saturated heterocycles. The molecule has 94 valence electrons. The van der Waals surface area contributed by atoms with Crippen LogP contribution in [0, 0.1) is 0 Å². The first-order valence-corrected chi connectivity index (χ1v) is 5.95. The summed E-state index contributed by atoms with van der Waals surface area (Å²) in [7, 11) is 0. The van der Waals surface area contributed by atoms with Gasteiger partial charge in [0.1, 0.15) is 0 Å². The fourth-order valence-electron chi connectivity index (χ4n) is 0.928. The van der Waals surface area contributed by atoms with Gasteiger partial charge < -0.3 is 0 Å². The van der Waals surface area contributed by atoms with Crippen molar-refractivity contribution in [3.05, 3.63) is 0 Å². The molecule has 8 nitrogen and oxygen atoms in total. The zero-order chi connectivity index (χ0) is 12.8. The van der Waals surface area contributed by atoms with E-state index in [9.17, 15) is 9.59 Å². The molecule has 1 rings (SSSR count). The summed E-state index contributed by atoms with van der Waals surface area (Å²) in [5.41, 5.74) is 4.46. The van der Waals surface area contributed by atoms with Gasteiger partial charge in [0.2, 0.25) is 17.0 Å². The third kappa shape index (κ3) is 4.39. The Bertz CT molecular complexity index is 404. The van der Waals surface area contributed by atoms with Crippen LogP contribution in [0.4, 0.5) is 0 Å². The third-order valence-electron chi connectivity index (χ3n) is 1.66. The molecule has 0 aromatic carbocycles. The average molecular weight is 258 g/mol. The summed E-state index contributed by atoms with van der Waals surface area (Å²) in [6.07, 6.45) is 0. The van der Waals surface area contributed by atoms with Gasteiger partial charge in [-0.3, -0.25) is 20.4 Å². The number of carbonyl (C=O) groups is 2. The quantitative estimate of drug-likeness (QED) is 0.558. The van der Waals surface area contributed by atoms with Gasteiger partial charge in [-0.1, -0.05) is 11.8 Å². The van der Waals surface area contributed by atoms with E-state index in [4.69, 9.17) is 0 Å². The number of nitrogens with one attached hydrogen (secondary N) is 2. The topological polar surface area (TPSA) is 102 Å². The van der Waals surface area contributed by atoms with Gasteiger partial charge in [-0.05, 0) is 24.3 Å². The van der Waals surface area contributed by atoms with Crippen LogP contribution >= 0.6 is 11.8 Å². The lowest BCUT2D eigenvalue weighted by molar-refractivity contribution is -0.126. The first kappa shape index (κ1) is 13.4. The minimum absolute atomic E-state index is 0.130. The smallest absolute Gasteiger partial charge is 0.248 e. The number of hydrazine groups is 1. The van der Waals surface area contributed by atoms with Crippen molar-refractivity contribution in [2.45, 2.75) is 32.0 Å². The van der Waals surface area contributed by atoms with Gasteiger partial charge >= 0.3 is 0 Å². The number of aromatic nitrogens is 4. The highest BCUT2D eigenvalue weighted by Crippen LogP contribution is 2.16. The van der Waals surface area contributed by atoms with Crippen molar-refractivity contribution in [3.8, 4) is 0 Å². The van der Waals surface area contributed by atoms with Crippen LogP contribution < -0.4 is 10.9 Å². The van der Waals surface area contributed by atoms with E-state index in [1.807, 2.05) is 13.8 Å². The predicted octanol–water partition coefficient (Wildman–Crippen LogP) is -0.487. The fraction of sp³-hybridized carbons (Fsp3) is 0.625. The van der Waals surface area contributed by atoms with Crippen molar-refractivity contribution in [1.29, 1.82) is 0 Å². The SMILES string of the molecule is CC(=O)NNC(=O)CSc1nnnn1C(C)C. The number of nitrogens with zero attached hydrogens (tertiary/aromatic N) is 4. The van der Waals surface area contributed by atoms with Crippen LogP contribution in [-0.4, -0.2) is 37.8 Å². The number of rotatable bonds is 4. The third-order valence-corrected chi connectivity index (χ3v) is 2.60. The van der Waals surface area contributed by atoms with Gasteiger partial charge in [0.05, 0.1) is 11.8 Å². The van der Waals surface area contributed by atoms with Crippen LogP contribution in [0.5, 0.6) is 0 Å². The fourth-order valence-corrected chi connectivity index (χ4v) is 1.73. The van der Waals surface area contributed by atoms with Crippen LogP contribution in [-0.2, 0) is 9.59 Å². The maximum atomic E-state index is 11.3. The van der Waals surface area contributed by atoms with Crippen LogP contribution in [0.1, 0.15) is 26.8 Å². The van der Waals surface area contributed by atoms with E-state index >= 15 is 0 Å². The molecule has 0 saturated carbocycles. The second-order valence-corrected chi connectivity index (χ2v) is 4.46. The Morgan fingerprint density at radius 3 is 2.71 bits per heavy atom. The molecule has 2 N–H and O–H groups in total. The second kappa shape index (κ2) is 6.18. The van der Waals surface area contributed by atoms with Crippen LogP contribution in [0.15, 0.2) is 5.16 Å². The molecular weight excluding hydrogens is 244 g/mol. The molecule has 1 heterocycles. The minimum atomic E-state index is -0.324. The highest BCUT2D eigenvalue weighted by Gasteiger charge is 2.11. The monoisotopic (exact) mass is 258 g/mol. The van der Waals surface area contributed by atoms with Crippen molar-refractivity contribution >= 4 is 23.6 Å². The van der Waals surface area contributed by atoms with Crippen molar-refractivity contribution in [2.75, 3.05) is 5.75 Å². The number of amides is 2. The molecular formula is C8H14N6O2S. The lowest BCUT2D eigenvalue weighted by atomic mass is 10.4. The second-order valence-electron chi connectivity index (χ2n) is 3.52. The first-order valence-electron chi connectivity index (χ1n) is 4.96. The highest BCUT2D eigenvalue weighted by atomic mass is 32.2. The molecule has 0 unspecified atom stereocenters. The molecule has 0 fully saturated rings. The van der Waals surface area contributed by atoms with Crippen molar-refractivity contribution in [3.63, 3.8) is 0 Å². The molecule has 9 heteroatoms. The van der Waals surface area contributed by atoms with Crippen LogP contribution in [0.2, 0.25) is 0 Å². The minimum Gasteiger partial charge on any atom is -0.274 e. The lowest BCUT2D eigenvalue weighted by Crippen LogP contribution is -2.41. The summed E-state index contributed by atoms with van der Waals surface area (Å²) in [5, 5.41) is 11.7. The van der Waals surface area contributed by atoms with E-state index in [1.165, 1.54) is 18.7 Å². The van der Waals surface area contributed by atoms with Gasteiger partial charge in [0.15, 0.2) is 0 Å². The zero-order valence-electron chi connectivity index (χ0n) is 9.80. The Kier molecular flexibility index (Phi) is 4.88. The van der Waals surface area contributed by atoms with Gasteiger partial charge in [-0.25, -0.2) is 4.68 Å². The molecule has 0 aliphatic heterocycles. The molecule has 2 amide bonds. The van der Waals surface area contributed by atoms with Gasteiger partial charge in [0, 0.05) is 6.92 Å². The molecule has 0 atom stereocenters. The molecule has 0 bridgehead atoms. The molecule has 0 aliphatic carbocycles. The molecule has 1 aromatic rings. The van der Waals surface area contributed by atoms with Crippen LogP contribution in [0.25, 0.3) is 0 Å². The number of tetrazole rings is 1. The molecule has 0 aliphatic rings. The summed E-state index contributed by atoms with van der Waals surface area (Å²) in [4.78, 5) is 21.9. The Balaban J connectivity index is 2.42. The largest absolute Gasteiger partial charge is 0.274 e. The maximum Gasteiger partial charge on any atom is 0.248 e. The lowest BCUT2D eigenvalue weighted by Gasteiger charge is -2.07. The van der Waals surface area contributed by atoms with E-state index in [0.29, 0.717) is 5.16 Å². The summed E-state index contributed by atoms with van der Waals surface area (Å²) in [5.74, 6) is -0.508. The summed E-state index contributed by atoms with van der Waals surface area (Å²) < 4.78 is 1.62. The van der Waals surface area contributed by atoms with Gasteiger partial charge in [0.25, 0.3) is 0 Å². The van der Waals surface area contributed by atoms with Crippen LogP contribution in [0.3, 0.4) is 0 Å². The van der Waals surface area contributed by atoms with E-state index in [2.05, 4.69) is 26.4 Å². The summed E-state index contributed by atoms with van der Waals surface area (Å²) >= 11 is 1.21. The zero-order valence-corrected chi connectivity index (χ0v) is 10.6. The highest BCUT2D eigenvalue weighted by molar-refractivity contribution is 7.99. The Labute approximate surface area is 102 Å². The Morgan fingerprint density at radius 1 is 1.41 bits per heavy atom. The average Bonchev–Trinajstić information content (AvgIpc) is 2.71. The molecule has 17 heavy (non-hydrogen) atoms. The Morgan fingerprint density at radius 2 is 2.12 bits per heavy atom. The number of hydrogen-bond donors (Lipinski definition) is 2. The van der Waals surface area contributed by atoms with E-state index < -0.39 is 0 Å². The van der Waals surface area contributed by atoms with Crippen molar-refractivity contribution < 1.29 is 9.59 Å². The molecule has 0 spiro atoms. The normalized spacial score (nSPS) is 10.4. The first-order chi connectivity index (χ1) is 8.00. The van der Waals surface area contributed by atoms with Crippen molar-refractivity contribution in [1.82, 2.24) is 31.1 Å². The number of thioether (sulfide) groups is 1. The Hall–Kier alpha value is -1.64. The number of hydrogen-bond acceptors (Lipinski definition) is 6. The van der Waals surface area contributed by atoms with Crippen molar-refractivity contribution in [2.24, 2.45) is 0 Å². The molecule has 1 aromatic heterocycles. The van der Waals surface area contributed by atoms with E-state index in [0.717, 1.165) is 0 Å². The number of carbonyl (C=O) groups excluding carboxylic acids is 2. The molecule has 0 radical (unpaired) electrons. The standard InChI is InChI=1S/C8H14N6O2S/c1-5(2)14-8(11-12-13-14)17-4-7(16)10-9-6(3)15/h5H,4H2,1-3H3,(H,9,15)(H,10,16). The van der Waals surface area contributed by atoms with E-state index in [1.54, 1.807) is 4.68 Å². The summed E-state index contributed by atoms with van der Waals surface area (Å²) in [6.45, 7) is 5.20. The van der Waals surface area contributed by atoms with Gasteiger partial charge in [-0.15, -0.1) is 5.10 Å².